The Morgan fingerprint density at radius 3 is 2.14 bits per heavy atom. The summed E-state index contributed by atoms with van der Waals surface area (Å²) in [6, 6.07) is 8.27. The fourth-order valence-electron chi connectivity index (χ4n) is 4.50. The van der Waals surface area contributed by atoms with Crippen LogP contribution in [0.5, 0.6) is 0 Å². The van der Waals surface area contributed by atoms with Crippen LogP contribution in [0.2, 0.25) is 0 Å². The molecule has 3 aliphatic rings. The van der Waals surface area contributed by atoms with Crippen molar-refractivity contribution in [1.29, 1.82) is 0 Å². The highest BCUT2D eigenvalue weighted by atomic mass is 32.1. The highest BCUT2D eigenvalue weighted by molar-refractivity contribution is 7.18. The van der Waals surface area contributed by atoms with Gasteiger partial charge in [-0.15, -0.1) is 11.3 Å². The van der Waals surface area contributed by atoms with Gasteiger partial charge in [0, 0.05) is 51.1 Å². The fourth-order valence-corrected chi connectivity index (χ4v) is 5.51. The fraction of sp³-hybridized carbons (Fsp3) is 0.591. The van der Waals surface area contributed by atoms with E-state index in [4.69, 9.17) is 4.98 Å². The molecule has 0 spiro atoms. The van der Waals surface area contributed by atoms with Gasteiger partial charge in [-0.25, -0.2) is 4.98 Å². The molecule has 0 radical (unpaired) electrons. The molecule has 1 aromatic carbocycles. The van der Waals surface area contributed by atoms with Crippen molar-refractivity contribution in [2.24, 2.45) is 11.8 Å². The van der Waals surface area contributed by atoms with E-state index in [2.05, 4.69) is 23.1 Å². The lowest BCUT2D eigenvalue weighted by molar-refractivity contribution is -0.142. The summed E-state index contributed by atoms with van der Waals surface area (Å²) in [6.45, 7) is 5.77. The minimum Gasteiger partial charge on any atom is -0.342 e. The van der Waals surface area contributed by atoms with Gasteiger partial charge in [0.05, 0.1) is 16.8 Å². The number of likely N-dealkylation sites (tertiary alicyclic amines) is 1. The topological polar surface area (TPSA) is 56.8 Å². The van der Waals surface area contributed by atoms with Gasteiger partial charge in [-0.05, 0) is 37.8 Å². The molecule has 5 rings (SSSR count). The smallest absolute Gasteiger partial charge is 0.225 e. The second-order valence-corrected chi connectivity index (χ2v) is 9.67. The molecule has 7 heteroatoms. The van der Waals surface area contributed by atoms with Gasteiger partial charge in [0.15, 0.2) is 0 Å². The second kappa shape index (κ2) is 8.03. The van der Waals surface area contributed by atoms with E-state index in [1.54, 1.807) is 11.3 Å². The summed E-state index contributed by atoms with van der Waals surface area (Å²) in [7, 11) is 0. The molecule has 3 fully saturated rings. The Balaban J connectivity index is 1.10. The predicted octanol–water partition coefficient (Wildman–Crippen LogP) is 2.59. The van der Waals surface area contributed by atoms with E-state index < -0.39 is 0 Å². The zero-order chi connectivity index (χ0) is 19.8. The van der Waals surface area contributed by atoms with Crippen LogP contribution in [0, 0.1) is 11.8 Å². The molecule has 1 aliphatic carbocycles. The number of hydrogen-bond donors (Lipinski definition) is 0. The van der Waals surface area contributed by atoms with Gasteiger partial charge in [-0.3, -0.25) is 14.5 Å². The molecule has 0 bridgehead atoms. The van der Waals surface area contributed by atoms with Crippen molar-refractivity contribution < 1.29 is 9.59 Å². The number of benzene rings is 1. The molecule has 0 unspecified atom stereocenters. The number of thiazole rings is 1. The molecule has 2 saturated heterocycles. The van der Waals surface area contributed by atoms with E-state index in [0.717, 1.165) is 82.0 Å². The van der Waals surface area contributed by atoms with E-state index in [0.29, 0.717) is 11.8 Å². The van der Waals surface area contributed by atoms with E-state index >= 15 is 0 Å². The first-order valence-corrected chi connectivity index (χ1v) is 11.6. The number of rotatable bonds is 4. The minimum atomic E-state index is 0.0917. The third kappa shape index (κ3) is 4.16. The lowest BCUT2D eigenvalue weighted by Crippen LogP contribution is -2.51. The summed E-state index contributed by atoms with van der Waals surface area (Å²) in [4.78, 5) is 36.3. The molecule has 2 aromatic rings. The van der Waals surface area contributed by atoms with E-state index in [1.807, 2.05) is 15.9 Å². The average molecular weight is 413 g/mol. The van der Waals surface area contributed by atoms with Gasteiger partial charge >= 0.3 is 0 Å². The van der Waals surface area contributed by atoms with Crippen LogP contribution >= 0.6 is 11.3 Å². The molecule has 0 N–H and O–H groups in total. The Morgan fingerprint density at radius 1 is 0.862 bits per heavy atom. The van der Waals surface area contributed by atoms with Gasteiger partial charge in [-0.2, -0.15) is 0 Å². The van der Waals surface area contributed by atoms with Crippen molar-refractivity contribution in [2.45, 2.75) is 32.2 Å². The molecule has 154 valence electrons. The molecule has 2 amide bonds. The average Bonchev–Trinajstić information content (AvgIpc) is 3.53. The van der Waals surface area contributed by atoms with Gasteiger partial charge in [0.1, 0.15) is 5.01 Å². The molecule has 1 aromatic heterocycles. The zero-order valence-electron chi connectivity index (χ0n) is 16.8. The number of nitrogens with zero attached hydrogens (tertiary/aromatic N) is 4. The van der Waals surface area contributed by atoms with E-state index in [-0.39, 0.29) is 11.8 Å². The quantitative estimate of drug-likeness (QED) is 0.775. The van der Waals surface area contributed by atoms with Gasteiger partial charge in [0.2, 0.25) is 11.8 Å². The Labute approximate surface area is 175 Å². The summed E-state index contributed by atoms with van der Waals surface area (Å²) in [5, 5.41) is 1.15. The lowest BCUT2D eigenvalue weighted by Gasteiger charge is -2.38. The Kier molecular flexibility index (Phi) is 5.26. The van der Waals surface area contributed by atoms with Crippen LogP contribution in [0.3, 0.4) is 0 Å². The van der Waals surface area contributed by atoms with Crippen LogP contribution in [0.25, 0.3) is 10.2 Å². The second-order valence-electron chi connectivity index (χ2n) is 8.55. The number of para-hydroxylation sites is 1. The third-order valence-electron chi connectivity index (χ3n) is 6.46. The Hall–Kier alpha value is -1.99. The van der Waals surface area contributed by atoms with Gasteiger partial charge in [-0.1, -0.05) is 12.1 Å². The highest BCUT2D eigenvalue weighted by Gasteiger charge is 2.37. The number of aromatic nitrogens is 1. The highest BCUT2D eigenvalue weighted by Crippen LogP contribution is 2.32. The van der Waals surface area contributed by atoms with Crippen molar-refractivity contribution in [3.05, 3.63) is 29.3 Å². The standard InChI is InChI=1S/C22H28N4O2S/c27-21(16-5-6-16)25-9-7-17(8-10-25)22(28)26-13-11-24(12-14-26)15-20-23-18-3-1-2-4-19(18)29-20/h1-4,16-17H,5-15H2. The number of carbonyl (C=O) groups excluding carboxylic acids is 2. The Morgan fingerprint density at radius 2 is 1.48 bits per heavy atom. The van der Waals surface area contributed by atoms with Crippen LogP contribution < -0.4 is 0 Å². The van der Waals surface area contributed by atoms with Crippen LogP contribution in [0.1, 0.15) is 30.7 Å². The molecule has 0 atom stereocenters. The van der Waals surface area contributed by atoms with Gasteiger partial charge in [0.25, 0.3) is 0 Å². The third-order valence-corrected chi connectivity index (χ3v) is 7.48. The maximum atomic E-state index is 13.0. The van der Waals surface area contributed by atoms with E-state index in [9.17, 15) is 9.59 Å². The van der Waals surface area contributed by atoms with Crippen molar-refractivity contribution in [1.82, 2.24) is 19.7 Å². The first kappa shape index (κ1) is 19.0. The molecule has 1 saturated carbocycles. The summed E-state index contributed by atoms with van der Waals surface area (Å²) in [6.07, 6.45) is 3.75. The molecule has 3 heterocycles. The molecular weight excluding hydrogens is 384 g/mol. The largest absolute Gasteiger partial charge is 0.342 e. The first-order chi connectivity index (χ1) is 14.2. The molecule has 2 aliphatic heterocycles. The van der Waals surface area contributed by atoms with Crippen molar-refractivity contribution in [3.8, 4) is 0 Å². The monoisotopic (exact) mass is 412 g/mol. The summed E-state index contributed by atoms with van der Waals surface area (Å²) in [5.41, 5.74) is 1.08. The van der Waals surface area contributed by atoms with Crippen LogP contribution in [0.15, 0.2) is 24.3 Å². The molecule has 6 nitrogen and oxygen atoms in total. The number of hydrogen-bond acceptors (Lipinski definition) is 5. The van der Waals surface area contributed by atoms with E-state index in [1.165, 1.54) is 4.70 Å². The van der Waals surface area contributed by atoms with Gasteiger partial charge < -0.3 is 9.80 Å². The summed E-state index contributed by atoms with van der Waals surface area (Å²) >= 11 is 1.76. The lowest BCUT2D eigenvalue weighted by atomic mass is 9.94. The first-order valence-electron chi connectivity index (χ1n) is 10.8. The van der Waals surface area contributed by atoms with Crippen LogP contribution in [-0.2, 0) is 16.1 Å². The normalized spacial score (nSPS) is 21.7. The maximum absolute atomic E-state index is 13.0. The maximum Gasteiger partial charge on any atom is 0.225 e. The Bertz CT molecular complexity index is 860. The number of amides is 2. The number of carbonyl (C=O) groups is 2. The van der Waals surface area contributed by atoms with Crippen LogP contribution in [0.4, 0.5) is 0 Å². The van der Waals surface area contributed by atoms with Crippen molar-refractivity contribution in [2.75, 3.05) is 39.3 Å². The number of fused-ring (bicyclic) bond motifs is 1. The summed E-state index contributed by atoms with van der Waals surface area (Å²) < 4.78 is 1.24. The minimum absolute atomic E-state index is 0.0917. The SMILES string of the molecule is O=C(C1CC1)N1CCC(C(=O)N2CCN(Cc3nc4ccccc4s3)CC2)CC1. The van der Waals surface area contributed by atoms with Crippen LogP contribution in [-0.4, -0.2) is 70.8 Å². The van der Waals surface area contributed by atoms with Crippen molar-refractivity contribution in [3.63, 3.8) is 0 Å². The predicted molar refractivity (Wildman–Crippen MR) is 114 cm³/mol. The summed E-state index contributed by atoms with van der Waals surface area (Å²) in [5.74, 6) is 0.988. The number of piperidine rings is 1. The number of piperazine rings is 1. The molecule has 29 heavy (non-hydrogen) atoms. The van der Waals surface area contributed by atoms with Crippen molar-refractivity contribution >= 4 is 33.4 Å². The zero-order valence-corrected chi connectivity index (χ0v) is 17.6. The molecular formula is C22H28N4O2S.